The largest absolute Gasteiger partial charge is 0.326 e. The van der Waals surface area contributed by atoms with Crippen molar-refractivity contribution in [2.75, 3.05) is 17.2 Å². The van der Waals surface area contributed by atoms with Gasteiger partial charge in [0.1, 0.15) is 6.04 Å². The number of nitrogens with one attached hydrogen (secondary N) is 2. The molecule has 2 aromatic rings. The van der Waals surface area contributed by atoms with Crippen LogP contribution in [0, 0.1) is 20.8 Å². The van der Waals surface area contributed by atoms with Crippen molar-refractivity contribution in [3.63, 3.8) is 0 Å². The summed E-state index contributed by atoms with van der Waals surface area (Å²) >= 11 is 0. The molecular formula is C22H27N3O4S. The molecule has 0 radical (unpaired) electrons. The van der Waals surface area contributed by atoms with Crippen molar-refractivity contribution in [1.82, 2.24) is 4.31 Å². The minimum Gasteiger partial charge on any atom is -0.326 e. The van der Waals surface area contributed by atoms with Crippen molar-refractivity contribution in [1.29, 1.82) is 0 Å². The van der Waals surface area contributed by atoms with Crippen LogP contribution in [0.5, 0.6) is 0 Å². The third-order valence-corrected chi connectivity index (χ3v) is 7.36. The van der Waals surface area contributed by atoms with E-state index in [4.69, 9.17) is 0 Å². The van der Waals surface area contributed by atoms with E-state index in [-0.39, 0.29) is 16.7 Å². The first kappa shape index (κ1) is 22.0. The van der Waals surface area contributed by atoms with Crippen LogP contribution in [0.3, 0.4) is 0 Å². The molecule has 2 amide bonds. The lowest BCUT2D eigenvalue weighted by Crippen LogP contribution is -2.43. The number of nitrogens with zero attached hydrogens (tertiary/aromatic N) is 1. The molecule has 2 aromatic carbocycles. The van der Waals surface area contributed by atoms with Gasteiger partial charge in [0, 0.05) is 24.8 Å². The normalized spacial score (nSPS) is 17.0. The van der Waals surface area contributed by atoms with Gasteiger partial charge < -0.3 is 10.6 Å². The molecule has 1 atom stereocenters. The van der Waals surface area contributed by atoms with Crippen LogP contribution < -0.4 is 10.6 Å². The van der Waals surface area contributed by atoms with E-state index >= 15 is 0 Å². The summed E-state index contributed by atoms with van der Waals surface area (Å²) in [4.78, 5) is 24.3. The first-order chi connectivity index (χ1) is 14.1. The van der Waals surface area contributed by atoms with E-state index in [0.29, 0.717) is 41.9 Å². The molecule has 7 nitrogen and oxygen atoms in total. The van der Waals surface area contributed by atoms with Crippen LogP contribution in [-0.4, -0.2) is 37.1 Å². The highest BCUT2D eigenvalue weighted by Crippen LogP contribution is 2.31. The number of aryl methyl sites for hydroxylation is 3. The second-order valence-corrected chi connectivity index (χ2v) is 9.58. The summed E-state index contributed by atoms with van der Waals surface area (Å²) in [5, 5.41) is 5.46. The maximum absolute atomic E-state index is 13.4. The zero-order chi connectivity index (χ0) is 22.1. The van der Waals surface area contributed by atoms with Crippen LogP contribution in [0.2, 0.25) is 0 Å². The van der Waals surface area contributed by atoms with Crippen molar-refractivity contribution < 1.29 is 18.0 Å². The fourth-order valence-electron chi connectivity index (χ4n) is 4.05. The Morgan fingerprint density at radius 2 is 1.50 bits per heavy atom. The summed E-state index contributed by atoms with van der Waals surface area (Å²) < 4.78 is 28.1. The summed E-state index contributed by atoms with van der Waals surface area (Å²) in [5.74, 6) is -0.536. The highest BCUT2D eigenvalue weighted by atomic mass is 32.2. The Morgan fingerprint density at radius 1 is 0.967 bits per heavy atom. The number of hydrogen-bond acceptors (Lipinski definition) is 4. The standard InChI is InChI=1S/C22H27N3O4S/c1-14-12-15(2)21(16(3)13-14)30(28,29)25-11-5-6-20(25)22(27)24-19-9-7-18(8-10-19)23-17(4)26/h7-10,12-13,20H,5-6,11H2,1-4H3,(H,23,26)(H,24,27)/t20-/m0/s1. The highest BCUT2D eigenvalue weighted by molar-refractivity contribution is 7.89. The van der Waals surface area contributed by atoms with Crippen LogP contribution in [0.1, 0.15) is 36.5 Å². The van der Waals surface area contributed by atoms with Crippen molar-refractivity contribution in [2.24, 2.45) is 0 Å². The Morgan fingerprint density at radius 3 is 2.03 bits per heavy atom. The number of carbonyl (C=O) groups is 2. The maximum Gasteiger partial charge on any atom is 0.244 e. The average Bonchev–Trinajstić information content (AvgIpc) is 3.12. The van der Waals surface area contributed by atoms with Gasteiger partial charge in [0.2, 0.25) is 21.8 Å². The number of sulfonamides is 1. The molecule has 1 aliphatic heterocycles. The van der Waals surface area contributed by atoms with Crippen molar-refractivity contribution in [2.45, 2.75) is 51.5 Å². The molecule has 8 heteroatoms. The summed E-state index contributed by atoms with van der Waals surface area (Å²) in [6.45, 7) is 7.24. The minimum atomic E-state index is -3.80. The number of amides is 2. The third-order valence-electron chi connectivity index (χ3n) is 5.15. The van der Waals surface area contributed by atoms with E-state index < -0.39 is 16.1 Å². The fraction of sp³-hybridized carbons (Fsp3) is 0.364. The van der Waals surface area contributed by atoms with Gasteiger partial charge in [-0.05, 0) is 69.0 Å². The smallest absolute Gasteiger partial charge is 0.244 e. The van der Waals surface area contributed by atoms with Crippen molar-refractivity contribution in [3.05, 3.63) is 53.1 Å². The molecule has 1 heterocycles. The van der Waals surface area contributed by atoms with Gasteiger partial charge in [0.25, 0.3) is 0 Å². The first-order valence-corrected chi connectivity index (χ1v) is 11.3. The van der Waals surface area contributed by atoms with E-state index in [1.54, 1.807) is 38.1 Å². The molecule has 1 saturated heterocycles. The van der Waals surface area contributed by atoms with Gasteiger partial charge in [-0.15, -0.1) is 0 Å². The molecule has 0 aromatic heterocycles. The zero-order valence-corrected chi connectivity index (χ0v) is 18.5. The lowest BCUT2D eigenvalue weighted by molar-refractivity contribution is -0.119. The second-order valence-electron chi connectivity index (χ2n) is 7.75. The average molecular weight is 430 g/mol. The second kappa shape index (κ2) is 8.57. The molecule has 0 bridgehead atoms. The molecule has 1 fully saturated rings. The molecule has 30 heavy (non-hydrogen) atoms. The Bertz CT molecular complexity index is 1060. The predicted octanol–water partition coefficient (Wildman–Crippen LogP) is 3.36. The molecule has 3 rings (SSSR count). The predicted molar refractivity (Wildman–Crippen MR) is 117 cm³/mol. The lowest BCUT2D eigenvalue weighted by Gasteiger charge is -2.25. The van der Waals surface area contributed by atoms with Gasteiger partial charge in [0.05, 0.1) is 4.90 Å². The molecule has 0 aliphatic carbocycles. The Hall–Kier alpha value is -2.71. The maximum atomic E-state index is 13.4. The molecular weight excluding hydrogens is 402 g/mol. The van der Waals surface area contributed by atoms with Gasteiger partial charge in [-0.2, -0.15) is 4.31 Å². The van der Waals surface area contributed by atoms with Crippen LogP contribution in [0.15, 0.2) is 41.3 Å². The van der Waals surface area contributed by atoms with Crippen molar-refractivity contribution >= 4 is 33.2 Å². The van der Waals surface area contributed by atoms with Gasteiger partial charge in [-0.25, -0.2) is 8.42 Å². The lowest BCUT2D eigenvalue weighted by atomic mass is 10.1. The van der Waals surface area contributed by atoms with Crippen molar-refractivity contribution in [3.8, 4) is 0 Å². The number of benzene rings is 2. The number of rotatable bonds is 5. The first-order valence-electron chi connectivity index (χ1n) is 9.88. The quantitative estimate of drug-likeness (QED) is 0.762. The van der Waals surface area contributed by atoms with E-state index in [1.165, 1.54) is 11.2 Å². The van der Waals surface area contributed by atoms with E-state index in [0.717, 1.165) is 5.56 Å². The number of hydrogen-bond donors (Lipinski definition) is 2. The Labute approximate surface area is 177 Å². The minimum absolute atomic E-state index is 0.180. The van der Waals surface area contributed by atoms with Gasteiger partial charge >= 0.3 is 0 Å². The summed E-state index contributed by atoms with van der Waals surface area (Å²) in [6, 6.07) is 9.64. The van der Waals surface area contributed by atoms with Gasteiger partial charge in [0.15, 0.2) is 0 Å². The third kappa shape index (κ3) is 4.55. The monoisotopic (exact) mass is 429 g/mol. The van der Waals surface area contributed by atoms with Crippen LogP contribution in [0.25, 0.3) is 0 Å². The molecule has 0 unspecified atom stereocenters. The van der Waals surface area contributed by atoms with Crippen LogP contribution in [-0.2, 0) is 19.6 Å². The molecule has 2 N–H and O–H groups in total. The number of anilines is 2. The number of carbonyl (C=O) groups excluding carboxylic acids is 2. The molecule has 0 spiro atoms. The highest BCUT2D eigenvalue weighted by Gasteiger charge is 2.40. The van der Waals surface area contributed by atoms with E-state index in [1.807, 2.05) is 19.1 Å². The zero-order valence-electron chi connectivity index (χ0n) is 17.7. The van der Waals surface area contributed by atoms with E-state index in [2.05, 4.69) is 10.6 Å². The fourth-order valence-corrected chi connectivity index (χ4v) is 6.12. The molecule has 0 saturated carbocycles. The summed E-state index contributed by atoms with van der Waals surface area (Å²) in [5.41, 5.74) is 3.54. The molecule has 1 aliphatic rings. The van der Waals surface area contributed by atoms with Gasteiger partial charge in [-0.3, -0.25) is 9.59 Å². The van der Waals surface area contributed by atoms with Crippen LogP contribution in [0.4, 0.5) is 11.4 Å². The van der Waals surface area contributed by atoms with Gasteiger partial charge in [-0.1, -0.05) is 17.7 Å². The Balaban J connectivity index is 1.81. The molecule has 160 valence electrons. The Kier molecular flexibility index (Phi) is 6.28. The van der Waals surface area contributed by atoms with Crippen LogP contribution >= 0.6 is 0 Å². The van der Waals surface area contributed by atoms with E-state index in [9.17, 15) is 18.0 Å². The summed E-state index contributed by atoms with van der Waals surface area (Å²) in [7, 11) is -3.80. The topological polar surface area (TPSA) is 95.6 Å². The summed E-state index contributed by atoms with van der Waals surface area (Å²) in [6.07, 6.45) is 1.10. The SMILES string of the molecule is CC(=O)Nc1ccc(NC(=O)[C@@H]2CCCN2S(=O)(=O)c2c(C)cc(C)cc2C)cc1.